The van der Waals surface area contributed by atoms with E-state index < -0.39 is 0 Å². The second-order valence-electron chi connectivity index (χ2n) is 5.35. The second kappa shape index (κ2) is 5.68. The molecule has 0 heterocycles. The van der Waals surface area contributed by atoms with Gasteiger partial charge < -0.3 is 10.0 Å². The Balaban J connectivity index is 2.23. The molecule has 0 saturated heterocycles. The summed E-state index contributed by atoms with van der Waals surface area (Å²) in [6.45, 7) is 5.36. The number of rotatable bonds is 3. The van der Waals surface area contributed by atoms with E-state index >= 15 is 0 Å². The molecule has 0 aromatic heterocycles. The van der Waals surface area contributed by atoms with Gasteiger partial charge in [0.05, 0.1) is 0 Å². The summed E-state index contributed by atoms with van der Waals surface area (Å²) in [7, 11) is 0. The number of carbonyl (C=O) groups excluding carboxylic acids is 1. The fourth-order valence-corrected chi connectivity index (χ4v) is 2.91. The van der Waals surface area contributed by atoms with Crippen LogP contribution in [0.25, 0.3) is 21.5 Å². The number of aromatic hydroxyl groups is 1. The van der Waals surface area contributed by atoms with Crippen molar-refractivity contribution in [2.24, 2.45) is 0 Å². The molecule has 1 N–H and O–H groups in total. The lowest BCUT2D eigenvalue weighted by Crippen LogP contribution is -2.30. The van der Waals surface area contributed by atoms with Gasteiger partial charge in [0.2, 0.25) is 0 Å². The van der Waals surface area contributed by atoms with E-state index in [0.717, 1.165) is 21.5 Å². The first-order valence-electron chi connectivity index (χ1n) is 7.59. The van der Waals surface area contributed by atoms with Gasteiger partial charge in [-0.1, -0.05) is 30.3 Å². The number of benzene rings is 3. The Kier molecular flexibility index (Phi) is 3.72. The number of phenols is 1. The van der Waals surface area contributed by atoms with Crippen LogP contribution in [0.4, 0.5) is 0 Å². The van der Waals surface area contributed by atoms with Crippen LogP contribution < -0.4 is 0 Å². The highest BCUT2D eigenvalue weighted by Gasteiger charge is 2.14. The summed E-state index contributed by atoms with van der Waals surface area (Å²) in [4.78, 5) is 14.3. The molecule has 3 rings (SSSR count). The molecule has 0 aliphatic rings. The summed E-state index contributed by atoms with van der Waals surface area (Å²) in [5, 5.41) is 13.8. The minimum atomic E-state index is 0.0454. The number of amides is 1. The zero-order valence-corrected chi connectivity index (χ0v) is 12.8. The highest BCUT2D eigenvalue weighted by atomic mass is 16.3. The van der Waals surface area contributed by atoms with Gasteiger partial charge in [0, 0.05) is 24.0 Å². The van der Waals surface area contributed by atoms with Crippen molar-refractivity contribution in [2.45, 2.75) is 13.8 Å². The molecule has 0 unspecified atom stereocenters. The Morgan fingerprint density at radius 1 is 0.955 bits per heavy atom. The lowest BCUT2D eigenvalue weighted by Gasteiger charge is -2.19. The van der Waals surface area contributed by atoms with Gasteiger partial charge in [-0.2, -0.15) is 0 Å². The van der Waals surface area contributed by atoms with E-state index in [-0.39, 0.29) is 11.7 Å². The van der Waals surface area contributed by atoms with E-state index in [4.69, 9.17) is 0 Å². The van der Waals surface area contributed by atoms with E-state index in [9.17, 15) is 9.90 Å². The quantitative estimate of drug-likeness (QED) is 0.736. The maximum atomic E-state index is 12.5. The van der Waals surface area contributed by atoms with Crippen molar-refractivity contribution in [3.63, 3.8) is 0 Å². The van der Waals surface area contributed by atoms with Crippen molar-refractivity contribution in [3.05, 3.63) is 54.1 Å². The SMILES string of the molecule is CCN(CC)C(=O)c1ccc2cc(O)c3ccccc3c2c1. The lowest BCUT2D eigenvalue weighted by molar-refractivity contribution is 0.0773. The topological polar surface area (TPSA) is 40.5 Å². The predicted octanol–water partition coefficient (Wildman–Crippen LogP) is 4.18. The standard InChI is InChI=1S/C19H19NO2/c1-3-20(4-2)19(22)14-10-9-13-12-18(21)16-8-6-5-7-15(16)17(13)11-14/h5-12,21H,3-4H2,1-2H3. The molecule has 3 aromatic carbocycles. The average molecular weight is 293 g/mol. The highest BCUT2D eigenvalue weighted by molar-refractivity contribution is 6.12. The highest BCUT2D eigenvalue weighted by Crippen LogP contribution is 2.33. The van der Waals surface area contributed by atoms with Gasteiger partial charge in [-0.3, -0.25) is 4.79 Å². The number of fused-ring (bicyclic) bond motifs is 3. The zero-order chi connectivity index (χ0) is 15.7. The van der Waals surface area contributed by atoms with Crippen LogP contribution >= 0.6 is 0 Å². The van der Waals surface area contributed by atoms with Gasteiger partial charge in [0.1, 0.15) is 5.75 Å². The number of nitrogens with zero attached hydrogens (tertiary/aromatic N) is 1. The fourth-order valence-electron chi connectivity index (χ4n) is 2.91. The number of carbonyl (C=O) groups is 1. The van der Waals surface area contributed by atoms with E-state index in [0.29, 0.717) is 18.7 Å². The van der Waals surface area contributed by atoms with Crippen molar-refractivity contribution in [1.29, 1.82) is 0 Å². The van der Waals surface area contributed by atoms with Gasteiger partial charge in [-0.05, 0) is 48.2 Å². The Hall–Kier alpha value is -2.55. The molecule has 0 bridgehead atoms. The molecule has 3 heteroatoms. The monoisotopic (exact) mass is 293 g/mol. The van der Waals surface area contributed by atoms with Crippen LogP contribution in [0.2, 0.25) is 0 Å². The largest absolute Gasteiger partial charge is 0.507 e. The van der Waals surface area contributed by atoms with Gasteiger partial charge in [-0.25, -0.2) is 0 Å². The van der Waals surface area contributed by atoms with Crippen LogP contribution in [0.15, 0.2) is 48.5 Å². The number of hydrogen-bond donors (Lipinski definition) is 1. The lowest BCUT2D eigenvalue weighted by atomic mass is 9.99. The first-order valence-corrected chi connectivity index (χ1v) is 7.59. The predicted molar refractivity (Wildman–Crippen MR) is 90.4 cm³/mol. The van der Waals surface area contributed by atoms with Crippen molar-refractivity contribution in [2.75, 3.05) is 13.1 Å². The fraction of sp³-hybridized carbons (Fsp3) is 0.211. The number of phenolic OH excluding ortho intramolecular Hbond substituents is 1. The third-order valence-electron chi connectivity index (χ3n) is 4.14. The molecule has 0 spiro atoms. The van der Waals surface area contributed by atoms with Crippen LogP contribution in [0.3, 0.4) is 0 Å². The van der Waals surface area contributed by atoms with Crippen molar-refractivity contribution in [1.82, 2.24) is 4.90 Å². The Morgan fingerprint density at radius 2 is 1.64 bits per heavy atom. The van der Waals surface area contributed by atoms with Crippen LogP contribution in [-0.2, 0) is 0 Å². The molecule has 112 valence electrons. The Bertz CT molecular complexity index is 851. The molecule has 0 fully saturated rings. The summed E-state index contributed by atoms with van der Waals surface area (Å²) >= 11 is 0. The van der Waals surface area contributed by atoms with Crippen molar-refractivity contribution >= 4 is 27.5 Å². The smallest absolute Gasteiger partial charge is 0.253 e. The van der Waals surface area contributed by atoms with Crippen LogP contribution in [0.5, 0.6) is 5.75 Å². The molecule has 3 aromatic rings. The van der Waals surface area contributed by atoms with E-state index in [1.807, 2.05) is 61.2 Å². The van der Waals surface area contributed by atoms with Gasteiger partial charge in [-0.15, -0.1) is 0 Å². The average Bonchev–Trinajstić information content (AvgIpc) is 2.56. The molecular weight excluding hydrogens is 274 g/mol. The molecule has 0 atom stereocenters. The summed E-state index contributed by atoms with van der Waals surface area (Å²) in [6, 6.07) is 15.1. The first kappa shape index (κ1) is 14.4. The third-order valence-corrected chi connectivity index (χ3v) is 4.14. The summed E-state index contributed by atoms with van der Waals surface area (Å²) in [5.41, 5.74) is 0.687. The first-order chi connectivity index (χ1) is 10.7. The third kappa shape index (κ3) is 2.29. The van der Waals surface area contributed by atoms with E-state index in [1.165, 1.54) is 0 Å². The summed E-state index contributed by atoms with van der Waals surface area (Å²) < 4.78 is 0. The molecule has 3 nitrogen and oxygen atoms in total. The molecule has 0 aliphatic carbocycles. The van der Waals surface area contributed by atoms with Crippen molar-refractivity contribution < 1.29 is 9.90 Å². The van der Waals surface area contributed by atoms with Crippen LogP contribution in [0, 0.1) is 0 Å². The van der Waals surface area contributed by atoms with Crippen LogP contribution in [-0.4, -0.2) is 29.0 Å². The zero-order valence-electron chi connectivity index (χ0n) is 12.8. The molecule has 22 heavy (non-hydrogen) atoms. The molecule has 0 aliphatic heterocycles. The Labute approximate surface area is 129 Å². The minimum absolute atomic E-state index is 0.0454. The minimum Gasteiger partial charge on any atom is -0.507 e. The normalized spacial score (nSPS) is 11.0. The van der Waals surface area contributed by atoms with Gasteiger partial charge in [0.15, 0.2) is 0 Å². The molecule has 0 radical (unpaired) electrons. The summed E-state index contributed by atoms with van der Waals surface area (Å²) in [5.74, 6) is 0.315. The van der Waals surface area contributed by atoms with E-state index in [2.05, 4.69) is 0 Å². The maximum Gasteiger partial charge on any atom is 0.253 e. The van der Waals surface area contributed by atoms with Gasteiger partial charge >= 0.3 is 0 Å². The second-order valence-corrected chi connectivity index (χ2v) is 5.35. The molecule has 1 amide bonds. The Morgan fingerprint density at radius 3 is 2.32 bits per heavy atom. The van der Waals surface area contributed by atoms with E-state index in [1.54, 1.807) is 6.07 Å². The number of hydrogen-bond acceptors (Lipinski definition) is 2. The maximum absolute atomic E-state index is 12.5. The van der Waals surface area contributed by atoms with Gasteiger partial charge in [0.25, 0.3) is 5.91 Å². The molecular formula is C19H19NO2. The molecule has 0 saturated carbocycles. The van der Waals surface area contributed by atoms with Crippen molar-refractivity contribution in [3.8, 4) is 5.75 Å². The summed E-state index contributed by atoms with van der Waals surface area (Å²) in [6.07, 6.45) is 0. The van der Waals surface area contributed by atoms with Crippen LogP contribution in [0.1, 0.15) is 24.2 Å².